The highest BCUT2D eigenvalue weighted by Gasteiger charge is 2.48. The Bertz CT molecular complexity index is 336. The first-order valence-electron chi connectivity index (χ1n) is 6.92. The number of hydrogen-bond donors (Lipinski definition) is 1. The highest BCUT2D eigenvalue weighted by molar-refractivity contribution is 5.81. The van der Waals surface area contributed by atoms with Crippen molar-refractivity contribution in [3.63, 3.8) is 0 Å². The quantitative estimate of drug-likeness (QED) is 0.761. The Morgan fingerprint density at radius 3 is 2.55 bits per heavy atom. The van der Waals surface area contributed by atoms with Gasteiger partial charge in [0.05, 0.1) is 13.7 Å². The first-order valence-corrected chi connectivity index (χ1v) is 6.92. The summed E-state index contributed by atoms with van der Waals surface area (Å²) in [6.45, 7) is 3.53. The summed E-state index contributed by atoms with van der Waals surface area (Å²) in [4.78, 5) is 13.3. The average molecular weight is 296 g/mol. The van der Waals surface area contributed by atoms with Gasteiger partial charge in [0.2, 0.25) is 0 Å². The maximum Gasteiger partial charge on any atom is 0.401 e. The van der Waals surface area contributed by atoms with Gasteiger partial charge in [0, 0.05) is 6.04 Å². The van der Waals surface area contributed by atoms with Crippen LogP contribution in [0.1, 0.15) is 33.1 Å². The molecule has 0 heterocycles. The van der Waals surface area contributed by atoms with Crippen LogP contribution in [-0.4, -0.2) is 55.4 Å². The van der Waals surface area contributed by atoms with Crippen molar-refractivity contribution in [2.45, 2.75) is 50.9 Å². The van der Waals surface area contributed by atoms with E-state index in [1.54, 1.807) is 6.92 Å². The van der Waals surface area contributed by atoms with Gasteiger partial charge in [-0.3, -0.25) is 9.69 Å². The number of likely N-dealkylation sites (N-methyl/N-ethyl adjacent to an activating group) is 1. The maximum atomic E-state index is 12.6. The summed E-state index contributed by atoms with van der Waals surface area (Å²) in [6, 6.07) is -0.250. The number of rotatable bonds is 6. The molecule has 1 fully saturated rings. The van der Waals surface area contributed by atoms with Crippen molar-refractivity contribution in [2.75, 3.05) is 26.7 Å². The van der Waals surface area contributed by atoms with Crippen molar-refractivity contribution in [1.82, 2.24) is 10.2 Å². The molecule has 1 N–H and O–H groups in total. The summed E-state index contributed by atoms with van der Waals surface area (Å²) >= 11 is 0. The molecule has 1 aliphatic carbocycles. The molecule has 0 aliphatic heterocycles. The van der Waals surface area contributed by atoms with Gasteiger partial charge in [-0.05, 0) is 32.4 Å². The Morgan fingerprint density at radius 1 is 1.45 bits per heavy atom. The molecule has 0 aromatic heterocycles. The second-order valence-electron chi connectivity index (χ2n) is 5.18. The monoisotopic (exact) mass is 296 g/mol. The molecular weight excluding hydrogens is 273 g/mol. The molecular formula is C13H23F3N2O2. The highest BCUT2D eigenvalue weighted by atomic mass is 19.4. The summed E-state index contributed by atoms with van der Waals surface area (Å²) < 4.78 is 42.5. The maximum absolute atomic E-state index is 12.6. The summed E-state index contributed by atoms with van der Waals surface area (Å²) in [5, 5.41) is 3.10. The smallest absolute Gasteiger partial charge is 0.401 e. The lowest BCUT2D eigenvalue weighted by Crippen LogP contribution is -2.52. The fraction of sp³-hybridized carbons (Fsp3) is 0.923. The number of ether oxygens (including phenoxy) is 1. The number of alkyl halides is 3. The predicted octanol–water partition coefficient (Wildman–Crippen LogP) is 1.94. The van der Waals surface area contributed by atoms with E-state index < -0.39 is 18.3 Å². The van der Waals surface area contributed by atoms with E-state index in [9.17, 15) is 18.0 Å². The first-order chi connectivity index (χ1) is 9.28. The van der Waals surface area contributed by atoms with Gasteiger partial charge in [0.25, 0.3) is 0 Å². The van der Waals surface area contributed by atoms with Crippen LogP contribution in [0, 0.1) is 0 Å². The van der Waals surface area contributed by atoms with Crippen LogP contribution in [0.25, 0.3) is 0 Å². The molecule has 0 aromatic rings. The van der Waals surface area contributed by atoms with Gasteiger partial charge in [0.15, 0.2) is 0 Å². The largest absolute Gasteiger partial charge is 0.468 e. The summed E-state index contributed by atoms with van der Waals surface area (Å²) in [7, 11) is 1.31. The molecule has 2 unspecified atom stereocenters. The Hall–Kier alpha value is -0.820. The second-order valence-corrected chi connectivity index (χ2v) is 5.18. The fourth-order valence-corrected chi connectivity index (χ4v) is 3.01. The molecule has 20 heavy (non-hydrogen) atoms. The van der Waals surface area contributed by atoms with E-state index >= 15 is 0 Å². The van der Waals surface area contributed by atoms with Crippen LogP contribution in [0.4, 0.5) is 13.2 Å². The number of halogens is 3. The third-order valence-corrected chi connectivity index (χ3v) is 3.88. The van der Waals surface area contributed by atoms with Gasteiger partial charge in [-0.1, -0.05) is 13.8 Å². The highest BCUT2D eigenvalue weighted by Crippen LogP contribution is 2.35. The topological polar surface area (TPSA) is 41.6 Å². The lowest BCUT2D eigenvalue weighted by molar-refractivity contribution is -0.152. The van der Waals surface area contributed by atoms with E-state index in [4.69, 9.17) is 4.74 Å². The SMILES string of the molecule is CCNC1(C(=O)OC)CCC(N(CC)CC(F)(F)F)C1. The molecule has 0 aromatic carbocycles. The molecule has 7 heteroatoms. The number of nitrogens with zero attached hydrogens (tertiary/aromatic N) is 1. The lowest BCUT2D eigenvalue weighted by Gasteiger charge is -2.31. The van der Waals surface area contributed by atoms with Crippen molar-refractivity contribution < 1.29 is 22.7 Å². The number of methoxy groups -OCH3 is 1. The zero-order valence-corrected chi connectivity index (χ0v) is 12.2. The van der Waals surface area contributed by atoms with Gasteiger partial charge >= 0.3 is 12.1 Å². The molecule has 0 amide bonds. The molecule has 0 spiro atoms. The average Bonchev–Trinajstić information content (AvgIpc) is 2.79. The van der Waals surface area contributed by atoms with Crippen LogP contribution in [0.15, 0.2) is 0 Å². The Balaban J connectivity index is 2.78. The van der Waals surface area contributed by atoms with E-state index in [1.165, 1.54) is 12.0 Å². The number of carbonyl (C=O) groups excluding carboxylic acids is 1. The molecule has 118 valence electrons. The molecule has 0 radical (unpaired) electrons. The number of esters is 1. The van der Waals surface area contributed by atoms with Gasteiger partial charge in [-0.25, -0.2) is 0 Å². The zero-order valence-electron chi connectivity index (χ0n) is 12.2. The Labute approximate surface area is 117 Å². The molecule has 1 saturated carbocycles. The predicted molar refractivity (Wildman–Crippen MR) is 69.4 cm³/mol. The van der Waals surface area contributed by atoms with Gasteiger partial charge < -0.3 is 10.1 Å². The van der Waals surface area contributed by atoms with Crippen LogP contribution in [-0.2, 0) is 9.53 Å². The van der Waals surface area contributed by atoms with Crippen molar-refractivity contribution in [1.29, 1.82) is 0 Å². The van der Waals surface area contributed by atoms with Crippen LogP contribution in [0.2, 0.25) is 0 Å². The van der Waals surface area contributed by atoms with Crippen molar-refractivity contribution >= 4 is 5.97 Å². The standard InChI is InChI=1S/C13H23F3N2O2/c1-4-17-12(11(19)20-3)7-6-10(8-12)18(5-2)9-13(14,15)16/h10,17H,4-9H2,1-3H3. The second kappa shape index (κ2) is 6.76. The van der Waals surface area contributed by atoms with E-state index in [2.05, 4.69) is 5.32 Å². The minimum atomic E-state index is -4.22. The van der Waals surface area contributed by atoms with Crippen LogP contribution >= 0.6 is 0 Å². The Morgan fingerprint density at radius 2 is 2.10 bits per heavy atom. The minimum Gasteiger partial charge on any atom is -0.468 e. The van der Waals surface area contributed by atoms with Crippen LogP contribution in [0.5, 0.6) is 0 Å². The van der Waals surface area contributed by atoms with Gasteiger partial charge in [-0.2, -0.15) is 13.2 Å². The van der Waals surface area contributed by atoms with Crippen LogP contribution < -0.4 is 5.32 Å². The lowest BCUT2D eigenvalue weighted by atomic mass is 9.97. The van der Waals surface area contributed by atoms with E-state index in [0.29, 0.717) is 32.4 Å². The molecule has 1 aliphatic rings. The van der Waals surface area contributed by atoms with Gasteiger partial charge in [-0.15, -0.1) is 0 Å². The minimum absolute atomic E-state index is 0.250. The van der Waals surface area contributed by atoms with Crippen molar-refractivity contribution in [3.05, 3.63) is 0 Å². The normalized spacial score (nSPS) is 27.1. The number of nitrogens with one attached hydrogen (secondary N) is 1. The fourth-order valence-electron chi connectivity index (χ4n) is 3.01. The van der Waals surface area contributed by atoms with Crippen molar-refractivity contribution in [2.24, 2.45) is 0 Å². The number of carbonyl (C=O) groups is 1. The van der Waals surface area contributed by atoms with E-state index in [0.717, 1.165) is 0 Å². The van der Waals surface area contributed by atoms with E-state index in [-0.39, 0.29) is 12.0 Å². The summed E-state index contributed by atoms with van der Waals surface area (Å²) in [5.41, 5.74) is -0.840. The molecule has 4 nitrogen and oxygen atoms in total. The third-order valence-electron chi connectivity index (χ3n) is 3.88. The van der Waals surface area contributed by atoms with Crippen molar-refractivity contribution in [3.8, 4) is 0 Å². The molecule has 0 bridgehead atoms. The molecule has 1 rings (SSSR count). The third kappa shape index (κ3) is 4.09. The summed E-state index contributed by atoms with van der Waals surface area (Å²) in [6.07, 6.45) is -2.79. The zero-order chi connectivity index (χ0) is 15.4. The van der Waals surface area contributed by atoms with Crippen LogP contribution in [0.3, 0.4) is 0 Å². The molecule has 0 saturated heterocycles. The van der Waals surface area contributed by atoms with Gasteiger partial charge in [0.1, 0.15) is 5.54 Å². The first kappa shape index (κ1) is 17.2. The summed E-state index contributed by atoms with van der Waals surface area (Å²) in [5.74, 6) is -0.384. The van der Waals surface area contributed by atoms with E-state index in [1.807, 2.05) is 6.92 Å². The Kier molecular flexibility index (Phi) is 5.82. The molecule has 2 atom stereocenters. The number of hydrogen-bond acceptors (Lipinski definition) is 4.